The second-order valence-electron chi connectivity index (χ2n) is 7.11. The van der Waals surface area contributed by atoms with E-state index >= 15 is 0 Å². The molecule has 30 heavy (non-hydrogen) atoms. The molecular formula is C19H20N4O5S2. The number of ether oxygens (including phenoxy) is 2. The molecule has 5 rings (SSSR count). The van der Waals surface area contributed by atoms with E-state index in [0.29, 0.717) is 30.5 Å². The molecule has 2 aliphatic rings. The van der Waals surface area contributed by atoms with Gasteiger partial charge in [0, 0.05) is 18.7 Å². The summed E-state index contributed by atoms with van der Waals surface area (Å²) in [5.41, 5.74) is -0.209. The highest BCUT2D eigenvalue weighted by molar-refractivity contribution is 7.89. The maximum absolute atomic E-state index is 12.8. The van der Waals surface area contributed by atoms with Crippen LogP contribution in [-0.2, 0) is 16.6 Å². The van der Waals surface area contributed by atoms with Crippen LogP contribution in [0.2, 0.25) is 0 Å². The molecule has 9 nitrogen and oxygen atoms in total. The highest BCUT2D eigenvalue weighted by atomic mass is 32.2. The van der Waals surface area contributed by atoms with Gasteiger partial charge in [-0.25, -0.2) is 22.6 Å². The Hall–Kier alpha value is -2.63. The fourth-order valence-electron chi connectivity index (χ4n) is 3.36. The first-order valence-corrected chi connectivity index (χ1v) is 12.0. The molecule has 11 heteroatoms. The van der Waals surface area contributed by atoms with Gasteiger partial charge in [0.1, 0.15) is 13.2 Å². The summed E-state index contributed by atoms with van der Waals surface area (Å²) < 4.78 is 41.8. The molecule has 3 aromatic rings. The predicted octanol–water partition coefficient (Wildman–Crippen LogP) is 1.86. The number of thiophene rings is 1. The van der Waals surface area contributed by atoms with Crippen molar-refractivity contribution in [3.05, 3.63) is 46.2 Å². The molecule has 0 saturated heterocycles. The molecule has 0 bridgehead atoms. The number of sulfonamides is 1. The zero-order chi connectivity index (χ0) is 20.7. The average Bonchev–Trinajstić information content (AvgIpc) is 3.32. The van der Waals surface area contributed by atoms with Gasteiger partial charge in [0.2, 0.25) is 10.0 Å². The van der Waals surface area contributed by atoms with Gasteiger partial charge in [-0.15, -0.1) is 16.4 Å². The lowest BCUT2D eigenvalue weighted by atomic mass is 10.3. The molecule has 0 atom stereocenters. The third-order valence-electron chi connectivity index (χ3n) is 4.96. The summed E-state index contributed by atoms with van der Waals surface area (Å²) in [6.45, 7) is 0.999. The van der Waals surface area contributed by atoms with Crippen molar-refractivity contribution in [1.29, 1.82) is 0 Å². The van der Waals surface area contributed by atoms with E-state index in [1.54, 1.807) is 10.6 Å². The summed E-state index contributed by atoms with van der Waals surface area (Å²) in [6.07, 6.45) is 1.92. The van der Waals surface area contributed by atoms with E-state index in [0.717, 1.165) is 17.7 Å². The van der Waals surface area contributed by atoms with E-state index in [-0.39, 0.29) is 29.7 Å². The van der Waals surface area contributed by atoms with Gasteiger partial charge in [-0.05, 0) is 36.4 Å². The largest absolute Gasteiger partial charge is 0.486 e. The molecule has 1 aromatic carbocycles. The molecule has 158 valence electrons. The molecule has 1 aliphatic carbocycles. The Morgan fingerprint density at radius 3 is 2.70 bits per heavy atom. The number of rotatable bonds is 7. The summed E-state index contributed by atoms with van der Waals surface area (Å²) >= 11 is 1.52. The van der Waals surface area contributed by atoms with Crippen LogP contribution >= 0.6 is 11.3 Å². The van der Waals surface area contributed by atoms with Crippen molar-refractivity contribution >= 4 is 21.4 Å². The lowest BCUT2D eigenvalue weighted by Crippen LogP contribution is -2.32. The number of nitrogens with zero attached hydrogens (tertiary/aromatic N) is 3. The normalized spacial score (nSPS) is 16.0. The SMILES string of the molecule is O=c1n(CCNS(=O)(=O)c2ccc3c(c2)OCCO3)nc(-c2cccs2)n1C1CC1. The van der Waals surface area contributed by atoms with Crippen molar-refractivity contribution in [2.45, 2.75) is 30.3 Å². The fraction of sp³-hybridized carbons (Fsp3) is 0.368. The maximum Gasteiger partial charge on any atom is 0.346 e. The predicted molar refractivity (Wildman–Crippen MR) is 111 cm³/mol. The molecule has 0 radical (unpaired) electrons. The Morgan fingerprint density at radius 2 is 1.97 bits per heavy atom. The number of aromatic nitrogens is 3. The van der Waals surface area contributed by atoms with E-state index in [1.807, 2.05) is 17.5 Å². The minimum absolute atomic E-state index is 0.0439. The van der Waals surface area contributed by atoms with Crippen molar-refractivity contribution in [2.24, 2.45) is 0 Å². The van der Waals surface area contributed by atoms with Gasteiger partial charge in [-0.3, -0.25) is 4.57 Å². The van der Waals surface area contributed by atoms with Crippen LogP contribution in [0.3, 0.4) is 0 Å². The van der Waals surface area contributed by atoms with Gasteiger partial charge in [-0.1, -0.05) is 6.07 Å². The third-order valence-corrected chi connectivity index (χ3v) is 7.29. The Bertz CT molecular complexity index is 1230. The number of hydrogen-bond donors (Lipinski definition) is 1. The molecule has 0 spiro atoms. The van der Waals surface area contributed by atoms with Crippen LogP contribution in [0.15, 0.2) is 45.4 Å². The van der Waals surface area contributed by atoms with E-state index in [4.69, 9.17) is 9.47 Å². The number of benzene rings is 1. The summed E-state index contributed by atoms with van der Waals surface area (Å²) in [7, 11) is -3.76. The van der Waals surface area contributed by atoms with E-state index in [1.165, 1.54) is 28.2 Å². The van der Waals surface area contributed by atoms with Crippen LogP contribution in [0, 0.1) is 0 Å². The van der Waals surface area contributed by atoms with E-state index in [9.17, 15) is 13.2 Å². The van der Waals surface area contributed by atoms with E-state index < -0.39 is 10.0 Å². The quantitative estimate of drug-likeness (QED) is 0.592. The number of nitrogens with one attached hydrogen (secondary N) is 1. The topological polar surface area (TPSA) is 104 Å². The van der Waals surface area contributed by atoms with Gasteiger partial charge in [0.05, 0.1) is 16.3 Å². The Morgan fingerprint density at radius 1 is 1.17 bits per heavy atom. The van der Waals surface area contributed by atoms with Crippen molar-refractivity contribution in [3.63, 3.8) is 0 Å². The second-order valence-corrected chi connectivity index (χ2v) is 9.83. The smallest absolute Gasteiger partial charge is 0.346 e. The first-order valence-electron chi connectivity index (χ1n) is 9.65. The minimum atomic E-state index is -3.76. The van der Waals surface area contributed by atoms with Crippen LogP contribution in [-0.4, -0.2) is 42.5 Å². The van der Waals surface area contributed by atoms with Crippen LogP contribution in [0.5, 0.6) is 11.5 Å². The lowest BCUT2D eigenvalue weighted by molar-refractivity contribution is 0.171. The highest BCUT2D eigenvalue weighted by Gasteiger charge is 2.30. The molecule has 2 aromatic heterocycles. The van der Waals surface area contributed by atoms with Crippen molar-refractivity contribution in [2.75, 3.05) is 19.8 Å². The average molecular weight is 449 g/mol. The Kier molecular flexibility index (Phi) is 4.88. The van der Waals surface area contributed by atoms with Crippen molar-refractivity contribution in [1.82, 2.24) is 19.1 Å². The molecule has 1 saturated carbocycles. The molecule has 1 aliphatic heterocycles. The second kappa shape index (κ2) is 7.56. The first kappa shape index (κ1) is 19.3. The van der Waals surface area contributed by atoms with Crippen LogP contribution in [0.1, 0.15) is 18.9 Å². The van der Waals surface area contributed by atoms with Crippen molar-refractivity contribution in [3.8, 4) is 22.2 Å². The van der Waals surface area contributed by atoms with Gasteiger partial charge in [0.15, 0.2) is 17.3 Å². The Labute approximate surface area is 176 Å². The molecule has 0 amide bonds. The monoisotopic (exact) mass is 448 g/mol. The lowest BCUT2D eigenvalue weighted by Gasteiger charge is -2.18. The third kappa shape index (κ3) is 3.64. The van der Waals surface area contributed by atoms with Crippen LogP contribution in [0.4, 0.5) is 0 Å². The van der Waals surface area contributed by atoms with E-state index in [2.05, 4.69) is 9.82 Å². The summed E-state index contributed by atoms with van der Waals surface area (Å²) in [5.74, 6) is 1.58. The summed E-state index contributed by atoms with van der Waals surface area (Å²) in [5, 5.41) is 6.41. The zero-order valence-corrected chi connectivity index (χ0v) is 17.6. The highest BCUT2D eigenvalue weighted by Crippen LogP contribution is 2.37. The first-order chi connectivity index (χ1) is 14.5. The number of hydrogen-bond acceptors (Lipinski definition) is 7. The molecule has 1 fully saturated rings. The number of fused-ring (bicyclic) bond motifs is 1. The Balaban J connectivity index is 1.32. The molecule has 0 unspecified atom stereocenters. The molecule has 1 N–H and O–H groups in total. The van der Waals surface area contributed by atoms with Gasteiger partial charge >= 0.3 is 5.69 Å². The zero-order valence-electron chi connectivity index (χ0n) is 16.0. The standard InChI is InChI=1S/C19H20N4O5S2/c24-19-22(21-18(17-2-1-11-29-17)23(19)13-3-4-13)8-7-20-30(25,26)14-5-6-15-16(12-14)28-10-9-27-15/h1-2,5-6,11-13,20H,3-4,7-10H2. The fourth-order valence-corrected chi connectivity index (χ4v) is 5.10. The van der Waals surface area contributed by atoms with Gasteiger partial charge < -0.3 is 9.47 Å². The van der Waals surface area contributed by atoms with Crippen LogP contribution < -0.4 is 19.9 Å². The summed E-state index contributed by atoms with van der Waals surface area (Å²) in [4.78, 5) is 13.8. The maximum atomic E-state index is 12.8. The minimum Gasteiger partial charge on any atom is -0.486 e. The summed E-state index contributed by atoms with van der Waals surface area (Å²) in [6, 6.07) is 8.52. The van der Waals surface area contributed by atoms with Crippen molar-refractivity contribution < 1.29 is 17.9 Å². The molecular weight excluding hydrogens is 428 g/mol. The van der Waals surface area contributed by atoms with Crippen LogP contribution in [0.25, 0.3) is 10.7 Å². The molecule has 3 heterocycles. The van der Waals surface area contributed by atoms with Gasteiger partial charge in [0.25, 0.3) is 0 Å². The van der Waals surface area contributed by atoms with Gasteiger partial charge in [-0.2, -0.15) is 0 Å².